The highest BCUT2D eigenvalue weighted by molar-refractivity contribution is 5.86. The van der Waals surface area contributed by atoms with E-state index in [-0.39, 0.29) is 5.56 Å². The largest absolute Gasteiger partial charge is 0.466 e. The molecule has 0 fully saturated rings. The minimum atomic E-state index is -4.49. The molecule has 1 heterocycles. The summed E-state index contributed by atoms with van der Waals surface area (Å²) in [5.41, 5.74) is -0.771. The van der Waals surface area contributed by atoms with Crippen molar-refractivity contribution in [3.63, 3.8) is 0 Å². The minimum absolute atomic E-state index is 0.229. The van der Waals surface area contributed by atoms with Crippen molar-refractivity contribution in [3.05, 3.63) is 35.7 Å². The summed E-state index contributed by atoms with van der Waals surface area (Å²) in [6.45, 7) is 0. The molecule has 0 saturated heterocycles. The maximum absolute atomic E-state index is 12.3. The van der Waals surface area contributed by atoms with Gasteiger partial charge in [-0.15, -0.1) is 0 Å². The van der Waals surface area contributed by atoms with E-state index >= 15 is 0 Å². The molecule has 0 amide bonds. The first-order valence-electron chi connectivity index (χ1n) is 4.23. The zero-order valence-electron chi connectivity index (χ0n) is 8.28. The van der Waals surface area contributed by atoms with Crippen LogP contribution in [0.4, 0.5) is 13.2 Å². The highest BCUT2D eigenvalue weighted by Crippen LogP contribution is 2.27. The molecule has 0 spiro atoms. The van der Waals surface area contributed by atoms with Crippen molar-refractivity contribution in [3.8, 4) is 0 Å². The molecule has 0 unspecified atom stereocenters. The summed E-state index contributed by atoms with van der Waals surface area (Å²) < 4.78 is 41.1. The first-order chi connectivity index (χ1) is 7.43. The first kappa shape index (κ1) is 12.2. The Balaban J connectivity index is 2.91. The lowest BCUT2D eigenvalue weighted by Crippen LogP contribution is -2.07. The Morgan fingerprint density at radius 2 is 2.19 bits per heavy atom. The van der Waals surface area contributed by atoms with E-state index in [0.717, 1.165) is 18.3 Å². The average Bonchev–Trinajstić information content (AvgIpc) is 2.25. The molecule has 0 saturated carbocycles. The second-order valence-corrected chi connectivity index (χ2v) is 2.83. The van der Waals surface area contributed by atoms with Gasteiger partial charge in [0, 0.05) is 12.3 Å². The lowest BCUT2D eigenvalue weighted by atomic mass is 10.2. The highest BCUT2D eigenvalue weighted by Gasteiger charge is 2.32. The summed E-state index contributed by atoms with van der Waals surface area (Å²) in [4.78, 5) is 13.9. The molecular formula is C10H8F3NO2. The predicted octanol–water partition coefficient (Wildman–Crippen LogP) is 2.29. The minimum Gasteiger partial charge on any atom is -0.466 e. The maximum atomic E-state index is 12.3. The molecular weight excluding hydrogens is 223 g/mol. The van der Waals surface area contributed by atoms with E-state index in [0.29, 0.717) is 0 Å². The van der Waals surface area contributed by atoms with Crippen LogP contribution in [-0.2, 0) is 15.7 Å². The van der Waals surface area contributed by atoms with Gasteiger partial charge in [-0.1, -0.05) is 0 Å². The Bertz CT molecular complexity index is 413. The molecule has 0 atom stereocenters. The summed E-state index contributed by atoms with van der Waals surface area (Å²) in [5.74, 6) is -0.634. The summed E-state index contributed by atoms with van der Waals surface area (Å²) in [7, 11) is 1.18. The van der Waals surface area contributed by atoms with Gasteiger partial charge in [0.2, 0.25) is 0 Å². The number of hydrogen-bond donors (Lipinski definition) is 0. The van der Waals surface area contributed by atoms with Gasteiger partial charge in [-0.2, -0.15) is 13.2 Å². The van der Waals surface area contributed by atoms with Gasteiger partial charge in [0.1, 0.15) is 5.69 Å². The molecule has 0 aliphatic heterocycles. The van der Waals surface area contributed by atoms with Gasteiger partial charge in [0.25, 0.3) is 0 Å². The molecule has 0 aromatic carbocycles. The molecule has 0 N–H and O–H groups in total. The third kappa shape index (κ3) is 3.38. The van der Waals surface area contributed by atoms with E-state index in [2.05, 4.69) is 9.72 Å². The SMILES string of the molecule is COC(=O)C=Cc1ccnc(C(F)(F)F)c1. The third-order valence-electron chi connectivity index (χ3n) is 1.69. The lowest BCUT2D eigenvalue weighted by molar-refractivity contribution is -0.141. The molecule has 0 bridgehead atoms. The number of carbonyl (C=O) groups excluding carboxylic acids is 1. The van der Waals surface area contributed by atoms with E-state index in [1.165, 1.54) is 19.3 Å². The van der Waals surface area contributed by atoms with E-state index in [4.69, 9.17) is 0 Å². The quantitative estimate of drug-likeness (QED) is 0.579. The number of hydrogen-bond acceptors (Lipinski definition) is 3. The van der Waals surface area contributed by atoms with Crippen LogP contribution >= 0.6 is 0 Å². The van der Waals surface area contributed by atoms with Crippen molar-refractivity contribution in [2.45, 2.75) is 6.18 Å². The third-order valence-corrected chi connectivity index (χ3v) is 1.69. The van der Waals surface area contributed by atoms with Crippen molar-refractivity contribution in [1.82, 2.24) is 4.98 Å². The number of nitrogens with zero attached hydrogens (tertiary/aromatic N) is 1. The Labute approximate surface area is 89.6 Å². The molecule has 3 nitrogen and oxygen atoms in total. The van der Waals surface area contributed by atoms with Crippen LogP contribution in [0.25, 0.3) is 6.08 Å². The fourth-order valence-electron chi connectivity index (χ4n) is 0.938. The van der Waals surface area contributed by atoms with Crippen molar-refractivity contribution < 1.29 is 22.7 Å². The van der Waals surface area contributed by atoms with Gasteiger partial charge < -0.3 is 4.74 Å². The number of carbonyl (C=O) groups is 1. The molecule has 86 valence electrons. The summed E-state index contributed by atoms with van der Waals surface area (Å²) >= 11 is 0. The number of methoxy groups -OCH3 is 1. The highest BCUT2D eigenvalue weighted by atomic mass is 19.4. The van der Waals surface area contributed by atoms with Crippen molar-refractivity contribution in [2.24, 2.45) is 0 Å². The van der Waals surface area contributed by atoms with Crippen LogP contribution in [0, 0.1) is 0 Å². The molecule has 16 heavy (non-hydrogen) atoms. The standard InChI is InChI=1S/C10H8F3NO2/c1-16-9(15)3-2-7-4-5-14-8(6-7)10(11,12)13/h2-6H,1H3. The molecule has 1 aromatic heterocycles. The molecule has 1 rings (SSSR count). The normalized spacial score (nSPS) is 11.8. The zero-order valence-corrected chi connectivity index (χ0v) is 8.28. The number of esters is 1. The number of alkyl halides is 3. The molecule has 0 aliphatic carbocycles. The smallest absolute Gasteiger partial charge is 0.433 e. The Morgan fingerprint density at radius 1 is 1.50 bits per heavy atom. The van der Waals surface area contributed by atoms with Crippen molar-refractivity contribution in [2.75, 3.05) is 7.11 Å². The zero-order chi connectivity index (χ0) is 12.2. The van der Waals surface area contributed by atoms with Gasteiger partial charge in [-0.3, -0.25) is 4.98 Å². The Hall–Kier alpha value is -1.85. The molecule has 6 heteroatoms. The Morgan fingerprint density at radius 3 is 2.75 bits per heavy atom. The van der Waals surface area contributed by atoms with Gasteiger partial charge in [-0.25, -0.2) is 4.79 Å². The van der Waals surface area contributed by atoms with Crippen LogP contribution in [0.15, 0.2) is 24.4 Å². The van der Waals surface area contributed by atoms with Crippen LogP contribution < -0.4 is 0 Å². The summed E-state index contributed by atoms with van der Waals surface area (Å²) in [6, 6.07) is 2.20. The van der Waals surface area contributed by atoms with E-state index in [9.17, 15) is 18.0 Å². The van der Waals surface area contributed by atoms with Gasteiger partial charge in [-0.05, 0) is 23.8 Å². The second kappa shape index (κ2) is 4.78. The summed E-state index contributed by atoms with van der Waals surface area (Å²) in [6.07, 6.45) is -1.20. The summed E-state index contributed by atoms with van der Waals surface area (Å²) in [5, 5.41) is 0. The number of rotatable bonds is 2. The first-order valence-corrected chi connectivity index (χ1v) is 4.23. The maximum Gasteiger partial charge on any atom is 0.433 e. The monoisotopic (exact) mass is 231 g/mol. The Kier molecular flexibility index (Phi) is 3.65. The van der Waals surface area contributed by atoms with E-state index < -0.39 is 17.8 Å². The molecule has 0 aliphatic rings. The van der Waals surface area contributed by atoms with Crippen LogP contribution in [0.2, 0.25) is 0 Å². The second-order valence-electron chi connectivity index (χ2n) is 2.83. The van der Waals surface area contributed by atoms with Gasteiger partial charge in [0.05, 0.1) is 7.11 Å². The predicted molar refractivity (Wildman–Crippen MR) is 50.3 cm³/mol. The number of ether oxygens (including phenoxy) is 1. The molecule has 0 radical (unpaired) electrons. The lowest BCUT2D eigenvalue weighted by Gasteiger charge is -2.05. The van der Waals surface area contributed by atoms with E-state index in [1.807, 2.05) is 0 Å². The van der Waals surface area contributed by atoms with Crippen LogP contribution in [0.5, 0.6) is 0 Å². The fourth-order valence-corrected chi connectivity index (χ4v) is 0.938. The average molecular weight is 231 g/mol. The van der Waals surface area contributed by atoms with Crippen LogP contribution in [0.1, 0.15) is 11.3 Å². The number of halogens is 3. The van der Waals surface area contributed by atoms with Crippen molar-refractivity contribution >= 4 is 12.0 Å². The number of pyridine rings is 1. The number of aromatic nitrogens is 1. The van der Waals surface area contributed by atoms with E-state index in [1.54, 1.807) is 0 Å². The van der Waals surface area contributed by atoms with Gasteiger partial charge in [0.15, 0.2) is 0 Å². The molecule has 1 aromatic rings. The van der Waals surface area contributed by atoms with Crippen molar-refractivity contribution in [1.29, 1.82) is 0 Å². The topological polar surface area (TPSA) is 39.2 Å². The fraction of sp³-hybridized carbons (Fsp3) is 0.200. The van der Waals surface area contributed by atoms with Crippen LogP contribution in [-0.4, -0.2) is 18.1 Å². The van der Waals surface area contributed by atoms with Crippen LogP contribution in [0.3, 0.4) is 0 Å². The van der Waals surface area contributed by atoms with Gasteiger partial charge >= 0.3 is 12.1 Å².